The summed E-state index contributed by atoms with van der Waals surface area (Å²) >= 11 is 0. The van der Waals surface area contributed by atoms with E-state index in [1.54, 1.807) is 17.2 Å². The van der Waals surface area contributed by atoms with Gasteiger partial charge >= 0.3 is 35.6 Å². The van der Waals surface area contributed by atoms with E-state index >= 15 is 0 Å². The van der Waals surface area contributed by atoms with Crippen molar-refractivity contribution in [2.75, 3.05) is 13.1 Å². The fourth-order valence-electron chi connectivity index (χ4n) is 5.57. The van der Waals surface area contributed by atoms with Crippen LogP contribution in [0.4, 0.5) is 9.18 Å². The van der Waals surface area contributed by atoms with Crippen molar-refractivity contribution in [2.24, 2.45) is 5.92 Å². The van der Waals surface area contributed by atoms with Gasteiger partial charge in [-0.25, -0.2) is 9.18 Å². The topological polar surface area (TPSA) is 146 Å². The van der Waals surface area contributed by atoms with Crippen LogP contribution in [-0.2, 0) is 27.2 Å². The van der Waals surface area contributed by atoms with Crippen LogP contribution < -0.4 is 50.6 Å². The summed E-state index contributed by atoms with van der Waals surface area (Å²) in [7, 11) is 0. The molecule has 1 aromatic heterocycles. The Morgan fingerprint density at radius 2 is 1.42 bits per heavy atom. The van der Waals surface area contributed by atoms with E-state index in [4.69, 9.17) is 0 Å². The van der Waals surface area contributed by atoms with Crippen molar-refractivity contribution < 1.29 is 58.2 Å². The molecule has 1 aliphatic heterocycles. The molecule has 0 bridgehead atoms. The molecule has 2 heterocycles. The van der Waals surface area contributed by atoms with Crippen LogP contribution in [0.2, 0.25) is 0 Å². The molecule has 3 aromatic rings. The van der Waals surface area contributed by atoms with Crippen LogP contribution in [-0.4, -0.2) is 64.9 Å². The van der Waals surface area contributed by atoms with Gasteiger partial charge < -0.3 is 35.7 Å². The van der Waals surface area contributed by atoms with Crippen LogP contribution >= 0.6 is 0 Å². The minimum absolute atomic E-state index is 0. The van der Waals surface area contributed by atoms with Gasteiger partial charge in [0.1, 0.15) is 17.9 Å². The molecule has 10 nitrogen and oxygen atoms in total. The monoisotopic (exact) mass is 629 g/mol. The number of aliphatic carboxylic acids is 1. The van der Waals surface area contributed by atoms with Gasteiger partial charge in [-0.3, -0.25) is 9.59 Å². The zero-order valence-electron chi connectivity index (χ0n) is 26.2. The summed E-state index contributed by atoms with van der Waals surface area (Å²) in [6.45, 7) is 5.09. The normalized spacial score (nSPS) is 15.3. The van der Waals surface area contributed by atoms with Gasteiger partial charge in [-0.1, -0.05) is 63.1 Å². The van der Waals surface area contributed by atoms with Crippen molar-refractivity contribution in [3.05, 3.63) is 71.7 Å². The number of likely N-dealkylation sites (tertiary alicyclic amines) is 1. The number of carboxylic acid groups (broad SMARTS) is 1. The van der Waals surface area contributed by atoms with E-state index in [9.17, 15) is 28.7 Å². The maximum atomic E-state index is 14.3. The van der Waals surface area contributed by atoms with E-state index in [0.717, 1.165) is 42.1 Å². The molecular weight excluding hydrogens is 588 g/mol. The number of para-hydroxylation sites is 1. The summed E-state index contributed by atoms with van der Waals surface area (Å²) in [5.74, 6) is -3.45. The van der Waals surface area contributed by atoms with Crippen molar-refractivity contribution in [1.29, 1.82) is 0 Å². The van der Waals surface area contributed by atoms with Gasteiger partial charge in [-0.15, -0.1) is 0 Å². The maximum absolute atomic E-state index is 14.3. The molecule has 12 heteroatoms. The minimum atomic E-state index is -1.58. The zero-order chi connectivity index (χ0) is 31.6. The number of H-pyrrole nitrogens is 1. The number of carbonyl (C=O) groups is 4. The van der Waals surface area contributed by atoms with Crippen molar-refractivity contribution in [1.82, 2.24) is 25.8 Å². The summed E-state index contributed by atoms with van der Waals surface area (Å²) in [5.41, 5.74) is 1.67. The molecule has 4 rings (SSSR count). The van der Waals surface area contributed by atoms with Crippen molar-refractivity contribution >= 4 is 34.7 Å². The minimum Gasteiger partial charge on any atom is -0.548 e. The average molecular weight is 630 g/mol. The third-order valence-corrected chi connectivity index (χ3v) is 7.93. The largest absolute Gasteiger partial charge is 1.00 e. The molecule has 0 unspecified atom stereocenters. The Morgan fingerprint density at radius 3 is 2.09 bits per heavy atom. The Balaban J connectivity index is 0.00000552. The number of halogens is 1. The number of benzene rings is 2. The number of fused-ring (bicyclic) bond motifs is 1. The smallest absolute Gasteiger partial charge is 0.548 e. The summed E-state index contributed by atoms with van der Waals surface area (Å²) < 4.78 is 14.3. The second kappa shape index (κ2) is 17.3. The van der Waals surface area contributed by atoms with Gasteiger partial charge in [0.25, 0.3) is 0 Å². The summed E-state index contributed by atoms with van der Waals surface area (Å²) in [5, 5.41) is 21.0. The molecule has 1 fully saturated rings. The molecule has 1 aliphatic rings. The molecule has 2 aromatic carbocycles. The molecule has 45 heavy (non-hydrogen) atoms. The molecule has 1 saturated heterocycles. The first-order valence-electron chi connectivity index (χ1n) is 15.3. The number of amides is 4. The molecule has 0 aliphatic carbocycles. The van der Waals surface area contributed by atoms with Crippen LogP contribution in [0.5, 0.6) is 0 Å². The Kier molecular flexibility index (Phi) is 13.9. The first-order valence-corrected chi connectivity index (χ1v) is 15.3. The number of rotatable bonds is 12. The van der Waals surface area contributed by atoms with Crippen LogP contribution in [0.15, 0.2) is 54.7 Å². The molecule has 4 amide bonds. The Morgan fingerprint density at radius 1 is 0.822 bits per heavy atom. The molecule has 0 spiro atoms. The number of nitrogens with one attached hydrogen (secondary N) is 4. The summed E-state index contributed by atoms with van der Waals surface area (Å²) in [6.07, 6.45) is 5.66. The van der Waals surface area contributed by atoms with E-state index in [0.29, 0.717) is 19.5 Å². The van der Waals surface area contributed by atoms with Crippen molar-refractivity contribution in [3.63, 3.8) is 0 Å². The van der Waals surface area contributed by atoms with Gasteiger partial charge in [0.15, 0.2) is 0 Å². The van der Waals surface area contributed by atoms with Gasteiger partial charge in [-0.05, 0) is 48.4 Å². The van der Waals surface area contributed by atoms with Gasteiger partial charge in [0.2, 0.25) is 11.8 Å². The van der Waals surface area contributed by atoms with E-state index in [1.807, 2.05) is 38.1 Å². The maximum Gasteiger partial charge on any atom is 1.00 e. The second-order valence-corrected chi connectivity index (χ2v) is 11.8. The molecule has 0 saturated carbocycles. The Bertz CT molecular complexity index is 1460. The quantitative estimate of drug-likeness (QED) is 0.205. The van der Waals surface area contributed by atoms with E-state index in [1.165, 1.54) is 18.2 Å². The second-order valence-electron chi connectivity index (χ2n) is 11.8. The van der Waals surface area contributed by atoms with E-state index in [-0.39, 0.29) is 59.9 Å². The molecule has 0 radical (unpaired) electrons. The molecular formula is C33H41FN5NaO5. The third-order valence-electron chi connectivity index (χ3n) is 7.93. The fraction of sp³-hybridized carbons (Fsp3) is 0.455. The van der Waals surface area contributed by atoms with Gasteiger partial charge in [-0.2, -0.15) is 0 Å². The van der Waals surface area contributed by atoms with Crippen LogP contribution in [0.3, 0.4) is 0 Å². The number of urea groups is 1. The number of carboxylic acids is 1. The molecule has 4 N–H and O–H groups in total. The molecule has 236 valence electrons. The number of nitrogens with zero attached hydrogens (tertiary/aromatic N) is 1. The predicted molar refractivity (Wildman–Crippen MR) is 163 cm³/mol. The number of hydrogen-bond acceptors (Lipinski definition) is 5. The Hall–Kier alpha value is -3.41. The average Bonchev–Trinajstić information content (AvgIpc) is 3.19. The van der Waals surface area contributed by atoms with Crippen LogP contribution in [0, 0.1) is 11.7 Å². The van der Waals surface area contributed by atoms with Crippen molar-refractivity contribution in [3.8, 4) is 0 Å². The third kappa shape index (κ3) is 10.3. The van der Waals surface area contributed by atoms with Gasteiger partial charge in [0.05, 0.1) is 12.0 Å². The standard InChI is InChI=1S/C33H42FN5O5.Na/c1-21(2)17-27(38-33(44)39-15-9-3-4-10-16-39)30(40)36-28(19-23-20-35-26-14-8-6-12-24(23)26)31(41)37-29(32(42)43)18-22-11-5-7-13-25(22)34;/h5-8,11-14,20-21,27-29,35H,3-4,9-10,15-19H2,1-2H3,(H,36,40)(H,37,41)(H,38,44)(H,42,43);/q;+1/p-1/t27-,28+,29+;/m0./s1. The molecule has 3 atom stereocenters. The summed E-state index contributed by atoms with van der Waals surface area (Å²) in [4.78, 5) is 57.4. The Labute approximate surface area is 285 Å². The zero-order valence-corrected chi connectivity index (χ0v) is 28.2. The van der Waals surface area contributed by atoms with Crippen LogP contribution in [0.25, 0.3) is 10.9 Å². The number of aromatic nitrogens is 1. The van der Waals surface area contributed by atoms with E-state index < -0.39 is 41.7 Å². The number of carbonyl (C=O) groups excluding carboxylic acids is 4. The van der Waals surface area contributed by atoms with Crippen molar-refractivity contribution in [2.45, 2.75) is 76.9 Å². The number of aromatic amines is 1. The predicted octanol–water partition coefficient (Wildman–Crippen LogP) is -0.184. The number of hydrogen-bond donors (Lipinski definition) is 4. The SMILES string of the molecule is CC(C)C[C@H](NC(=O)N1CCCCCC1)C(=O)N[C@H](Cc1c[nH]c2ccccc12)C(=O)N[C@H](Cc1ccccc1F)C(=O)[O-].[Na+]. The first kappa shape index (κ1) is 36.1. The van der Waals surface area contributed by atoms with Gasteiger partial charge in [0, 0.05) is 43.0 Å². The first-order chi connectivity index (χ1) is 21.1. The van der Waals surface area contributed by atoms with Crippen LogP contribution in [0.1, 0.15) is 57.1 Å². The fourth-order valence-corrected chi connectivity index (χ4v) is 5.57. The van der Waals surface area contributed by atoms with E-state index in [2.05, 4.69) is 20.9 Å². The summed E-state index contributed by atoms with van der Waals surface area (Å²) in [6, 6.07) is 9.18.